The summed E-state index contributed by atoms with van der Waals surface area (Å²) in [5, 5.41) is 10.7. The number of rotatable bonds is 3. The largest absolute Gasteiger partial charge is 0.382 e. The number of aliphatic hydroxyl groups excluding tert-OH is 1. The zero-order valence-electron chi connectivity index (χ0n) is 15.0. The van der Waals surface area contributed by atoms with Crippen molar-refractivity contribution >= 4 is 22.6 Å². The molecule has 0 saturated heterocycles. The number of amides is 1. The molecule has 1 atom stereocenters. The summed E-state index contributed by atoms with van der Waals surface area (Å²) in [6.45, 7) is 2.33. The van der Waals surface area contributed by atoms with Crippen LogP contribution in [0.15, 0.2) is 42.7 Å². The minimum absolute atomic E-state index is 0.341. The second-order valence-electron chi connectivity index (χ2n) is 5.93. The minimum atomic E-state index is -1.36. The molecule has 0 radical (unpaired) electrons. The third-order valence-corrected chi connectivity index (χ3v) is 4.09. The van der Waals surface area contributed by atoms with E-state index in [0.29, 0.717) is 29.3 Å². The summed E-state index contributed by atoms with van der Waals surface area (Å²) in [4.78, 5) is 26.2. The van der Waals surface area contributed by atoms with Crippen LogP contribution in [0, 0.1) is 11.8 Å². The van der Waals surface area contributed by atoms with Crippen molar-refractivity contribution in [2.75, 3.05) is 19.3 Å². The van der Waals surface area contributed by atoms with Crippen molar-refractivity contribution < 1.29 is 9.90 Å². The third-order valence-electron chi connectivity index (χ3n) is 4.09. The molecule has 2 aromatic heterocycles. The molecule has 1 aromatic carbocycles. The van der Waals surface area contributed by atoms with Gasteiger partial charge in [0.1, 0.15) is 11.3 Å². The first kappa shape index (κ1) is 18.3. The lowest BCUT2D eigenvalue weighted by Crippen LogP contribution is -2.35. The van der Waals surface area contributed by atoms with E-state index >= 15 is 0 Å². The van der Waals surface area contributed by atoms with Gasteiger partial charge in [-0.05, 0) is 25.1 Å². The van der Waals surface area contributed by atoms with Crippen molar-refractivity contribution in [1.82, 2.24) is 19.9 Å². The van der Waals surface area contributed by atoms with Crippen molar-refractivity contribution in [3.8, 4) is 23.2 Å². The van der Waals surface area contributed by atoms with Crippen LogP contribution in [0.3, 0.4) is 0 Å². The molecular weight excluding hydrogens is 342 g/mol. The number of hydrogen-bond donors (Lipinski definition) is 2. The number of hydrogen-bond acceptors (Lipinski definition) is 6. The number of aliphatic hydroxyl groups is 1. The average molecular weight is 361 g/mol. The molecule has 0 aliphatic heterocycles. The molecule has 1 amide bonds. The Kier molecular flexibility index (Phi) is 5.29. The molecular formula is C20H19N5O2. The van der Waals surface area contributed by atoms with E-state index in [0.717, 1.165) is 10.9 Å². The van der Waals surface area contributed by atoms with E-state index < -0.39 is 12.0 Å². The second-order valence-corrected chi connectivity index (χ2v) is 5.93. The maximum absolute atomic E-state index is 11.9. The Balaban J connectivity index is 1.90. The number of anilines is 1. The summed E-state index contributed by atoms with van der Waals surface area (Å²) in [6, 6.07) is 9.04. The summed E-state index contributed by atoms with van der Waals surface area (Å²) >= 11 is 0. The Morgan fingerprint density at radius 1 is 1.33 bits per heavy atom. The minimum Gasteiger partial charge on any atom is -0.382 e. The van der Waals surface area contributed by atoms with E-state index in [2.05, 4.69) is 26.8 Å². The summed E-state index contributed by atoms with van der Waals surface area (Å²) in [5.41, 5.74) is 7.87. The van der Waals surface area contributed by atoms with Gasteiger partial charge in [-0.1, -0.05) is 24.0 Å². The first-order valence-electron chi connectivity index (χ1n) is 8.42. The molecule has 136 valence electrons. The van der Waals surface area contributed by atoms with E-state index in [1.807, 2.05) is 19.1 Å². The van der Waals surface area contributed by atoms with Crippen LogP contribution in [-0.4, -0.2) is 50.6 Å². The van der Waals surface area contributed by atoms with Gasteiger partial charge in [0.25, 0.3) is 5.91 Å². The molecule has 0 bridgehead atoms. The van der Waals surface area contributed by atoms with E-state index in [4.69, 9.17) is 5.73 Å². The van der Waals surface area contributed by atoms with E-state index in [9.17, 15) is 9.90 Å². The molecule has 0 saturated carbocycles. The maximum Gasteiger partial charge on any atom is 0.263 e. The number of fused-ring (bicyclic) bond motifs is 1. The molecule has 0 aliphatic rings. The van der Waals surface area contributed by atoms with E-state index in [1.165, 1.54) is 4.90 Å². The first-order chi connectivity index (χ1) is 13.0. The molecule has 2 heterocycles. The SMILES string of the molecule is CCN(C)C(=O)[C@H](O)C#Cc1cccc(-c2ncc3ccnc(N)c3n2)c1. The predicted molar refractivity (Wildman–Crippen MR) is 103 cm³/mol. The van der Waals surface area contributed by atoms with Crippen molar-refractivity contribution in [3.05, 3.63) is 48.3 Å². The summed E-state index contributed by atoms with van der Waals surface area (Å²) in [7, 11) is 1.62. The summed E-state index contributed by atoms with van der Waals surface area (Å²) in [5.74, 6) is 5.80. The van der Waals surface area contributed by atoms with Crippen LogP contribution in [0.25, 0.3) is 22.3 Å². The lowest BCUT2D eigenvalue weighted by Gasteiger charge is -2.15. The fourth-order valence-corrected chi connectivity index (χ4v) is 2.43. The molecule has 3 aromatic rings. The van der Waals surface area contributed by atoms with Gasteiger partial charge in [-0.15, -0.1) is 0 Å². The smallest absolute Gasteiger partial charge is 0.263 e. The van der Waals surface area contributed by atoms with Gasteiger partial charge in [0, 0.05) is 42.5 Å². The number of likely N-dealkylation sites (N-methyl/N-ethyl adjacent to an activating group) is 1. The Morgan fingerprint density at radius 2 is 2.15 bits per heavy atom. The van der Waals surface area contributed by atoms with Gasteiger partial charge >= 0.3 is 0 Å². The van der Waals surface area contributed by atoms with Crippen LogP contribution in [-0.2, 0) is 4.79 Å². The number of benzene rings is 1. The van der Waals surface area contributed by atoms with Crippen molar-refractivity contribution in [2.45, 2.75) is 13.0 Å². The molecule has 0 spiro atoms. The molecule has 0 fully saturated rings. The fraction of sp³-hybridized carbons (Fsp3) is 0.200. The average Bonchev–Trinajstić information content (AvgIpc) is 2.71. The second kappa shape index (κ2) is 7.81. The van der Waals surface area contributed by atoms with Gasteiger partial charge in [0.05, 0.1) is 0 Å². The highest BCUT2D eigenvalue weighted by molar-refractivity contribution is 5.87. The number of nitrogen functional groups attached to an aromatic ring is 1. The van der Waals surface area contributed by atoms with E-state index in [-0.39, 0.29) is 0 Å². The highest BCUT2D eigenvalue weighted by Crippen LogP contribution is 2.21. The number of pyridine rings is 1. The number of aromatic nitrogens is 3. The fourth-order valence-electron chi connectivity index (χ4n) is 2.43. The molecule has 3 rings (SSSR count). The van der Waals surface area contributed by atoms with Crippen molar-refractivity contribution in [3.63, 3.8) is 0 Å². The Morgan fingerprint density at radius 3 is 2.93 bits per heavy atom. The maximum atomic E-state index is 11.9. The third kappa shape index (κ3) is 4.02. The number of nitrogens with two attached hydrogens (primary N) is 1. The summed E-state index contributed by atoms with van der Waals surface area (Å²) in [6.07, 6.45) is 1.94. The first-order valence-corrected chi connectivity index (χ1v) is 8.42. The monoisotopic (exact) mass is 361 g/mol. The summed E-state index contributed by atoms with van der Waals surface area (Å²) < 4.78 is 0. The predicted octanol–water partition coefficient (Wildman–Crippen LogP) is 1.46. The van der Waals surface area contributed by atoms with Crippen LogP contribution in [0.1, 0.15) is 12.5 Å². The van der Waals surface area contributed by atoms with Gasteiger partial charge in [-0.2, -0.15) is 0 Å². The van der Waals surface area contributed by atoms with E-state index in [1.54, 1.807) is 37.6 Å². The number of carbonyl (C=O) groups is 1. The Labute approximate surface area is 156 Å². The van der Waals surface area contributed by atoms with Gasteiger partial charge in [0.2, 0.25) is 0 Å². The van der Waals surface area contributed by atoms with Crippen molar-refractivity contribution in [1.29, 1.82) is 0 Å². The topological polar surface area (TPSA) is 105 Å². The van der Waals surface area contributed by atoms with Crippen LogP contribution < -0.4 is 5.73 Å². The van der Waals surface area contributed by atoms with Gasteiger partial charge in [-0.3, -0.25) is 4.79 Å². The molecule has 27 heavy (non-hydrogen) atoms. The molecule has 7 nitrogen and oxygen atoms in total. The van der Waals surface area contributed by atoms with Crippen LogP contribution in [0.4, 0.5) is 5.82 Å². The highest BCUT2D eigenvalue weighted by Gasteiger charge is 2.15. The Bertz CT molecular complexity index is 1050. The molecule has 7 heteroatoms. The van der Waals surface area contributed by atoms with Gasteiger partial charge in [-0.25, -0.2) is 15.0 Å². The zero-order valence-corrected chi connectivity index (χ0v) is 15.0. The van der Waals surface area contributed by atoms with Gasteiger partial charge in [0.15, 0.2) is 11.9 Å². The van der Waals surface area contributed by atoms with Crippen molar-refractivity contribution in [2.24, 2.45) is 0 Å². The Hall–Kier alpha value is -3.50. The standard InChI is InChI=1S/C20H19N5O2/c1-3-25(2)20(27)16(26)8-7-13-5-4-6-14(11-13)19-23-12-15-9-10-22-18(21)17(15)24-19/h4-6,9-12,16,26H,3H2,1-2H3,(H2,21,22)/t16-/m1/s1. The van der Waals surface area contributed by atoms with Crippen LogP contribution in [0.2, 0.25) is 0 Å². The van der Waals surface area contributed by atoms with Gasteiger partial charge < -0.3 is 15.7 Å². The highest BCUT2D eigenvalue weighted by atomic mass is 16.3. The number of nitrogens with zero attached hydrogens (tertiary/aromatic N) is 4. The normalized spacial score (nSPS) is 11.5. The quantitative estimate of drug-likeness (QED) is 0.685. The lowest BCUT2D eigenvalue weighted by molar-refractivity contribution is -0.135. The lowest BCUT2D eigenvalue weighted by atomic mass is 10.1. The zero-order chi connectivity index (χ0) is 19.4. The molecule has 0 aliphatic carbocycles. The van der Waals surface area contributed by atoms with Crippen LogP contribution in [0.5, 0.6) is 0 Å². The van der Waals surface area contributed by atoms with Crippen LogP contribution >= 0.6 is 0 Å². The number of carbonyl (C=O) groups excluding carboxylic acids is 1. The molecule has 0 unspecified atom stereocenters. The molecule has 3 N–H and O–H groups in total.